The first-order valence-corrected chi connectivity index (χ1v) is 11.1. The number of hydrogen-bond donors (Lipinski definition) is 2. The Morgan fingerprint density at radius 3 is 2.66 bits per heavy atom. The predicted molar refractivity (Wildman–Crippen MR) is 125 cm³/mol. The zero-order valence-corrected chi connectivity index (χ0v) is 19.8. The van der Waals surface area contributed by atoms with E-state index in [2.05, 4.69) is 20.8 Å². The molecule has 1 heterocycles. The van der Waals surface area contributed by atoms with Crippen LogP contribution in [0.1, 0.15) is 23.9 Å². The quantitative estimate of drug-likeness (QED) is 0.490. The average Bonchev–Trinajstić information content (AvgIpc) is 3.08. The maximum atomic E-state index is 12.5. The van der Waals surface area contributed by atoms with Gasteiger partial charge in [0.2, 0.25) is 5.91 Å². The Labute approximate surface area is 195 Å². The third-order valence-electron chi connectivity index (χ3n) is 4.64. The minimum Gasteiger partial charge on any atom is -0.484 e. The standard InChI is InChI=1S/C22H24ClN5O3S/c1-13-9-10-17(14(2)11-13)24-21(30)25-20(29)15(3)32-22-27-26-19(28(22)4)12-31-18-8-6-5-7-16(18)23/h5-11,15H,12H2,1-4H3,(H2,24,25,29,30). The summed E-state index contributed by atoms with van der Waals surface area (Å²) in [6.45, 7) is 5.73. The van der Waals surface area contributed by atoms with Gasteiger partial charge in [-0.3, -0.25) is 10.1 Å². The minimum atomic E-state index is -0.582. The highest BCUT2D eigenvalue weighted by atomic mass is 35.5. The summed E-state index contributed by atoms with van der Waals surface area (Å²) in [5.74, 6) is 0.690. The van der Waals surface area contributed by atoms with Crippen LogP contribution in [0.3, 0.4) is 0 Å². The number of hydrogen-bond acceptors (Lipinski definition) is 6. The number of rotatable bonds is 7. The second-order valence-corrected chi connectivity index (χ2v) is 8.91. The van der Waals surface area contributed by atoms with Crippen molar-refractivity contribution in [2.45, 2.75) is 37.8 Å². The topological polar surface area (TPSA) is 98.1 Å². The number of benzene rings is 2. The molecular weight excluding hydrogens is 450 g/mol. The number of imide groups is 1. The van der Waals surface area contributed by atoms with Gasteiger partial charge in [-0.05, 0) is 44.5 Å². The van der Waals surface area contributed by atoms with E-state index in [1.54, 1.807) is 36.7 Å². The Morgan fingerprint density at radius 1 is 1.19 bits per heavy atom. The van der Waals surface area contributed by atoms with Crippen LogP contribution in [0.25, 0.3) is 0 Å². The fourth-order valence-electron chi connectivity index (χ4n) is 2.81. The van der Waals surface area contributed by atoms with Crippen molar-refractivity contribution >= 4 is 41.0 Å². The SMILES string of the molecule is Cc1ccc(NC(=O)NC(=O)C(C)Sc2nnc(COc3ccccc3Cl)n2C)c(C)c1. The number of para-hydroxylation sites is 1. The first-order chi connectivity index (χ1) is 15.2. The lowest BCUT2D eigenvalue weighted by molar-refractivity contribution is -0.119. The molecule has 0 saturated carbocycles. The van der Waals surface area contributed by atoms with Gasteiger partial charge in [0.05, 0.1) is 10.3 Å². The molecule has 0 saturated heterocycles. The van der Waals surface area contributed by atoms with E-state index >= 15 is 0 Å². The molecule has 1 unspecified atom stereocenters. The van der Waals surface area contributed by atoms with Crippen molar-refractivity contribution in [1.82, 2.24) is 20.1 Å². The first-order valence-electron chi connectivity index (χ1n) is 9.86. The molecule has 0 spiro atoms. The van der Waals surface area contributed by atoms with E-state index in [-0.39, 0.29) is 6.61 Å². The third-order valence-corrected chi connectivity index (χ3v) is 6.08. The molecular formula is C22H24ClN5O3S. The largest absolute Gasteiger partial charge is 0.484 e. The van der Waals surface area contributed by atoms with Crippen molar-refractivity contribution in [3.63, 3.8) is 0 Å². The van der Waals surface area contributed by atoms with Crippen LogP contribution in [0, 0.1) is 13.8 Å². The molecule has 3 amide bonds. The third kappa shape index (κ3) is 6.02. The normalized spacial score (nSPS) is 11.7. The summed E-state index contributed by atoms with van der Waals surface area (Å²) in [6, 6.07) is 12.2. The van der Waals surface area contributed by atoms with Gasteiger partial charge in [0.1, 0.15) is 12.4 Å². The highest BCUT2D eigenvalue weighted by molar-refractivity contribution is 8.00. The molecule has 0 aliphatic heterocycles. The summed E-state index contributed by atoms with van der Waals surface area (Å²) in [5.41, 5.74) is 2.66. The van der Waals surface area contributed by atoms with Crippen LogP contribution in [0.5, 0.6) is 5.75 Å². The van der Waals surface area contributed by atoms with E-state index in [1.807, 2.05) is 38.1 Å². The maximum absolute atomic E-state index is 12.5. The van der Waals surface area contributed by atoms with Crippen molar-refractivity contribution in [2.75, 3.05) is 5.32 Å². The van der Waals surface area contributed by atoms with E-state index in [9.17, 15) is 9.59 Å². The fourth-order valence-corrected chi connectivity index (χ4v) is 3.83. The summed E-state index contributed by atoms with van der Waals surface area (Å²) in [6.07, 6.45) is 0. The Bertz CT molecular complexity index is 1130. The number of thioether (sulfide) groups is 1. The van der Waals surface area contributed by atoms with E-state index in [0.29, 0.717) is 27.4 Å². The average molecular weight is 474 g/mol. The van der Waals surface area contributed by atoms with Gasteiger partial charge in [0.25, 0.3) is 0 Å². The number of aryl methyl sites for hydroxylation is 2. The van der Waals surface area contributed by atoms with Crippen LogP contribution in [0.2, 0.25) is 5.02 Å². The first kappa shape index (κ1) is 23.6. The van der Waals surface area contributed by atoms with E-state index in [1.165, 1.54) is 11.8 Å². The molecule has 0 aliphatic carbocycles. The molecule has 1 aromatic heterocycles. The number of anilines is 1. The lowest BCUT2D eigenvalue weighted by atomic mass is 10.1. The molecule has 10 heteroatoms. The molecule has 1 atom stereocenters. The van der Waals surface area contributed by atoms with Crippen LogP contribution in [-0.2, 0) is 18.4 Å². The van der Waals surface area contributed by atoms with Crippen molar-refractivity contribution in [3.05, 3.63) is 64.4 Å². The number of carbonyl (C=O) groups is 2. The molecule has 0 fully saturated rings. The van der Waals surface area contributed by atoms with Gasteiger partial charge in [-0.2, -0.15) is 0 Å². The van der Waals surface area contributed by atoms with Crippen molar-refractivity contribution in [2.24, 2.45) is 7.05 Å². The second-order valence-electron chi connectivity index (χ2n) is 7.20. The van der Waals surface area contributed by atoms with Crippen molar-refractivity contribution in [3.8, 4) is 5.75 Å². The Hall–Kier alpha value is -3.04. The molecule has 2 aromatic carbocycles. The van der Waals surface area contributed by atoms with E-state index < -0.39 is 17.2 Å². The molecule has 8 nitrogen and oxygen atoms in total. The summed E-state index contributed by atoms with van der Waals surface area (Å²) in [7, 11) is 1.78. The summed E-state index contributed by atoms with van der Waals surface area (Å²) in [4.78, 5) is 24.7. The second kappa shape index (κ2) is 10.5. The van der Waals surface area contributed by atoms with Crippen LogP contribution < -0.4 is 15.4 Å². The van der Waals surface area contributed by atoms with Crippen LogP contribution >= 0.6 is 23.4 Å². The maximum Gasteiger partial charge on any atom is 0.325 e. The fraction of sp³-hybridized carbons (Fsp3) is 0.273. The van der Waals surface area contributed by atoms with Crippen molar-refractivity contribution in [1.29, 1.82) is 0 Å². The van der Waals surface area contributed by atoms with Gasteiger partial charge < -0.3 is 14.6 Å². The van der Waals surface area contributed by atoms with Crippen LogP contribution in [-0.4, -0.2) is 32.0 Å². The Balaban J connectivity index is 1.54. The monoisotopic (exact) mass is 473 g/mol. The zero-order valence-electron chi connectivity index (χ0n) is 18.2. The number of nitrogens with one attached hydrogen (secondary N) is 2. The van der Waals surface area contributed by atoms with Crippen LogP contribution in [0.15, 0.2) is 47.6 Å². The Morgan fingerprint density at radius 2 is 1.94 bits per heavy atom. The van der Waals surface area contributed by atoms with Gasteiger partial charge in [-0.15, -0.1) is 10.2 Å². The lowest BCUT2D eigenvalue weighted by Crippen LogP contribution is -2.39. The molecule has 3 aromatic rings. The smallest absolute Gasteiger partial charge is 0.325 e. The predicted octanol–water partition coefficient (Wildman–Crippen LogP) is 4.49. The summed E-state index contributed by atoms with van der Waals surface area (Å²) in [5, 5.41) is 13.8. The molecule has 0 aliphatic rings. The molecule has 32 heavy (non-hydrogen) atoms. The van der Waals surface area contributed by atoms with E-state index in [4.69, 9.17) is 16.3 Å². The molecule has 0 radical (unpaired) electrons. The Kier molecular flexibility index (Phi) is 7.76. The van der Waals surface area contributed by atoms with Gasteiger partial charge in [0, 0.05) is 12.7 Å². The highest BCUT2D eigenvalue weighted by Crippen LogP contribution is 2.25. The number of ether oxygens (including phenoxy) is 1. The zero-order chi connectivity index (χ0) is 23.3. The number of aromatic nitrogens is 3. The van der Waals surface area contributed by atoms with Crippen LogP contribution in [0.4, 0.5) is 10.5 Å². The highest BCUT2D eigenvalue weighted by Gasteiger charge is 2.21. The van der Waals surface area contributed by atoms with Gasteiger partial charge in [0.15, 0.2) is 11.0 Å². The summed E-state index contributed by atoms with van der Waals surface area (Å²) < 4.78 is 7.44. The number of urea groups is 1. The molecule has 0 bridgehead atoms. The van der Waals surface area contributed by atoms with Gasteiger partial charge in [-0.1, -0.05) is 53.2 Å². The molecule has 168 valence electrons. The molecule has 3 rings (SSSR count). The number of carbonyl (C=O) groups excluding carboxylic acids is 2. The van der Waals surface area contributed by atoms with Crippen molar-refractivity contribution < 1.29 is 14.3 Å². The lowest BCUT2D eigenvalue weighted by Gasteiger charge is -2.13. The van der Waals surface area contributed by atoms with Gasteiger partial charge in [-0.25, -0.2) is 4.79 Å². The minimum absolute atomic E-state index is 0.173. The number of nitrogens with zero attached hydrogens (tertiary/aromatic N) is 3. The van der Waals surface area contributed by atoms with E-state index in [0.717, 1.165) is 11.1 Å². The number of halogens is 1. The number of amides is 3. The van der Waals surface area contributed by atoms with Gasteiger partial charge >= 0.3 is 6.03 Å². The molecule has 2 N–H and O–H groups in total. The summed E-state index contributed by atoms with van der Waals surface area (Å²) >= 11 is 7.29.